The van der Waals surface area contributed by atoms with Gasteiger partial charge in [-0.15, -0.1) is 0 Å². The fraction of sp³-hybridized carbons (Fsp3) is 0.928. The first-order valence-electron chi connectivity index (χ1n) is 35.6. The molecule has 3 saturated heterocycles. The predicted octanol–water partition coefficient (Wildman–Crippen LogP) is 9.44. The molecule has 19 nitrogen and oxygen atoms in total. The molecule has 17 atom stereocenters. The minimum absolute atomic E-state index is 0.248. The van der Waals surface area contributed by atoms with Crippen LogP contribution in [-0.2, 0) is 33.2 Å². The van der Waals surface area contributed by atoms with Gasteiger partial charge in [0.05, 0.1) is 38.6 Å². The van der Waals surface area contributed by atoms with Gasteiger partial charge in [-0.05, 0) is 44.9 Å². The number of aliphatic hydroxyl groups is 11. The van der Waals surface area contributed by atoms with Crippen molar-refractivity contribution in [1.29, 1.82) is 0 Å². The van der Waals surface area contributed by atoms with E-state index in [4.69, 9.17) is 28.4 Å². The molecule has 518 valence electrons. The lowest BCUT2D eigenvalue weighted by molar-refractivity contribution is -0.379. The number of rotatable bonds is 55. The zero-order valence-electron chi connectivity index (χ0n) is 54.7. The molecule has 1 amide bonds. The van der Waals surface area contributed by atoms with Crippen LogP contribution in [0.25, 0.3) is 0 Å². The number of unbranched alkanes of at least 4 members (excludes halogenated alkanes) is 37. The number of nitrogens with one attached hydrogen (secondary N) is 1. The lowest BCUT2D eigenvalue weighted by atomic mass is 9.96. The Balaban J connectivity index is 1.32. The second kappa shape index (κ2) is 51.7. The summed E-state index contributed by atoms with van der Waals surface area (Å²) in [5.74, 6) is -0.273. The summed E-state index contributed by atoms with van der Waals surface area (Å²) in [5, 5.41) is 120. The molecule has 0 spiro atoms. The van der Waals surface area contributed by atoms with E-state index in [1.807, 2.05) is 6.08 Å². The van der Waals surface area contributed by atoms with E-state index in [1.165, 1.54) is 205 Å². The maximum atomic E-state index is 13.4. The van der Waals surface area contributed by atoms with Crippen LogP contribution in [0.4, 0.5) is 0 Å². The summed E-state index contributed by atoms with van der Waals surface area (Å²) >= 11 is 0. The highest BCUT2D eigenvalue weighted by atomic mass is 16.8. The molecule has 17 unspecified atom stereocenters. The van der Waals surface area contributed by atoms with E-state index in [9.17, 15) is 61.0 Å². The van der Waals surface area contributed by atoms with Gasteiger partial charge in [0.2, 0.25) is 5.91 Å². The van der Waals surface area contributed by atoms with E-state index in [1.54, 1.807) is 6.08 Å². The monoisotopic (exact) mass is 1260 g/mol. The van der Waals surface area contributed by atoms with Crippen LogP contribution in [0.2, 0.25) is 0 Å². The van der Waals surface area contributed by atoms with Crippen LogP contribution in [0.3, 0.4) is 0 Å². The minimum Gasteiger partial charge on any atom is -0.394 e. The largest absolute Gasteiger partial charge is 0.394 e. The fourth-order valence-corrected chi connectivity index (χ4v) is 12.2. The van der Waals surface area contributed by atoms with Crippen molar-refractivity contribution in [3.05, 3.63) is 24.3 Å². The van der Waals surface area contributed by atoms with Gasteiger partial charge in [-0.25, -0.2) is 0 Å². The van der Waals surface area contributed by atoms with E-state index >= 15 is 0 Å². The summed E-state index contributed by atoms with van der Waals surface area (Å²) in [6, 6.07) is -0.968. The normalized spacial score (nSPS) is 28.5. The molecule has 0 aromatic carbocycles. The van der Waals surface area contributed by atoms with Gasteiger partial charge in [0.25, 0.3) is 0 Å². The SMILES string of the molecule is CCCCCCCCCC/C=C\CCCCCCCCCCCCCCCCCCCCCCCC(=O)NC(COC1OC(CO)C(OC2OC(CO)C(OC3OC(CO)C(O)C(O)C3O)C(O)C2O)C(O)C1O)C(O)/C=C/CCCCCCCCCC. The smallest absolute Gasteiger partial charge is 0.220 e. The summed E-state index contributed by atoms with van der Waals surface area (Å²) in [7, 11) is 0. The molecule has 0 aromatic rings. The van der Waals surface area contributed by atoms with Gasteiger partial charge < -0.3 is 89.9 Å². The number of carbonyl (C=O) groups excluding carboxylic acids is 1. The molecule has 19 heteroatoms. The topological polar surface area (TPSA) is 307 Å². The Morgan fingerprint density at radius 3 is 1.10 bits per heavy atom. The van der Waals surface area contributed by atoms with Crippen molar-refractivity contribution in [3.8, 4) is 0 Å². The second-order valence-corrected chi connectivity index (χ2v) is 25.7. The molecule has 3 rings (SSSR count). The molecule has 3 aliphatic heterocycles. The number of aliphatic hydroxyl groups excluding tert-OH is 11. The molecule has 0 radical (unpaired) electrons. The Kier molecular flexibility index (Phi) is 47.3. The van der Waals surface area contributed by atoms with Crippen molar-refractivity contribution in [3.63, 3.8) is 0 Å². The van der Waals surface area contributed by atoms with E-state index < -0.39 is 124 Å². The third-order valence-corrected chi connectivity index (χ3v) is 18.0. The molecule has 0 aromatic heterocycles. The summed E-state index contributed by atoms with van der Waals surface area (Å²) in [6.45, 7) is 1.72. The number of carbonyl (C=O) groups is 1. The van der Waals surface area contributed by atoms with Crippen LogP contribution in [0, 0.1) is 0 Å². The number of allylic oxidation sites excluding steroid dienone is 3. The second-order valence-electron chi connectivity index (χ2n) is 25.7. The van der Waals surface area contributed by atoms with Crippen molar-refractivity contribution in [1.82, 2.24) is 5.32 Å². The quantitative estimate of drug-likeness (QED) is 0.0199. The van der Waals surface area contributed by atoms with E-state index in [0.29, 0.717) is 6.42 Å². The molecular formula is C69H129NO18. The average molecular weight is 1260 g/mol. The van der Waals surface area contributed by atoms with E-state index in [2.05, 4.69) is 31.3 Å². The van der Waals surface area contributed by atoms with Gasteiger partial charge in [-0.2, -0.15) is 0 Å². The van der Waals surface area contributed by atoms with Crippen LogP contribution in [0.15, 0.2) is 24.3 Å². The van der Waals surface area contributed by atoms with Crippen LogP contribution < -0.4 is 5.32 Å². The average Bonchev–Trinajstić information content (AvgIpc) is 1.83. The Morgan fingerprint density at radius 2 is 0.716 bits per heavy atom. The molecule has 88 heavy (non-hydrogen) atoms. The zero-order chi connectivity index (χ0) is 64.0. The Labute approximate surface area is 530 Å². The first-order valence-corrected chi connectivity index (χ1v) is 35.6. The standard InChI is InChI=1S/C69H129NO18/c1-3-5-7-9-11-13-15-16-17-18-19-20-21-22-23-24-25-26-27-28-29-30-31-32-33-34-35-36-37-39-41-43-45-47-57(75)70-52(53(74)46-44-42-40-38-14-12-10-8-6-4-2)51-83-67-63(81)60(78)65(55(49-72)85-67)88-69-64(82)61(79)66(56(50-73)86-69)87-68-62(80)59(77)58(76)54(48-71)84-68/h18-19,44,46,52-56,58-69,71-74,76-82H,3-17,20-43,45,47-51H2,1-2H3,(H,70,75)/b19-18-,46-44+. The number of ether oxygens (including phenoxy) is 6. The first kappa shape index (κ1) is 80.5. The highest BCUT2D eigenvalue weighted by molar-refractivity contribution is 5.76. The fourth-order valence-electron chi connectivity index (χ4n) is 12.2. The third kappa shape index (κ3) is 33.4. The summed E-state index contributed by atoms with van der Waals surface area (Å²) < 4.78 is 34.3. The lowest BCUT2D eigenvalue weighted by Crippen LogP contribution is -2.66. The lowest BCUT2D eigenvalue weighted by Gasteiger charge is -2.48. The molecule has 0 aliphatic carbocycles. The van der Waals surface area contributed by atoms with E-state index in [0.717, 1.165) is 44.9 Å². The maximum absolute atomic E-state index is 13.4. The molecule has 12 N–H and O–H groups in total. The van der Waals surface area contributed by atoms with Crippen molar-refractivity contribution in [2.75, 3.05) is 26.4 Å². The first-order chi connectivity index (χ1) is 42.8. The summed E-state index contributed by atoms with van der Waals surface area (Å²) in [5.41, 5.74) is 0. The van der Waals surface area contributed by atoms with Crippen molar-refractivity contribution < 1.29 is 89.4 Å². The third-order valence-electron chi connectivity index (χ3n) is 18.0. The van der Waals surface area contributed by atoms with Gasteiger partial charge >= 0.3 is 0 Å². The van der Waals surface area contributed by atoms with Crippen molar-refractivity contribution in [2.45, 2.75) is 381 Å². The molecular weight excluding hydrogens is 1130 g/mol. The Bertz CT molecular complexity index is 1690. The van der Waals surface area contributed by atoms with Crippen LogP contribution in [0.5, 0.6) is 0 Å². The van der Waals surface area contributed by atoms with E-state index in [-0.39, 0.29) is 18.9 Å². The molecule has 0 saturated carbocycles. The molecule has 3 heterocycles. The Hall–Kier alpha value is -1.73. The summed E-state index contributed by atoms with van der Waals surface area (Å²) in [4.78, 5) is 13.4. The van der Waals surface area contributed by atoms with Gasteiger partial charge in [0, 0.05) is 6.42 Å². The highest BCUT2D eigenvalue weighted by Crippen LogP contribution is 2.33. The van der Waals surface area contributed by atoms with Gasteiger partial charge in [0.1, 0.15) is 73.2 Å². The van der Waals surface area contributed by atoms with Gasteiger partial charge in [0.15, 0.2) is 18.9 Å². The Morgan fingerprint density at radius 1 is 0.398 bits per heavy atom. The predicted molar refractivity (Wildman–Crippen MR) is 342 cm³/mol. The van der Waals surface area contributed by atoms with Crippen LogP contribution in [0.1, 0.15) is 277 Å². The maximum Gasteiger partial charge on any atom is 0.220 e. The highest BCUT2D eigenvalue weighted by Gasteiger charge is 2.53. The van der Waals surface area contributed by atoms with Gasteiger partial charge in [-0.1, -0.05) is 250 Å². The molecule has 0 bridgehead atoms. The zero-order valence-corrected chi connectivity index (χ0v) is 54.7. The summed E-state index contributed by atoms with van der Waals surface area (Å²) in [6.07, 6.45) is 32.0. The van der Waals surface area contributed by atoms with Crippen molar-refractivity contribution in [2.24, 2.45) is 0 Å². The van der Waals surface area contributed by atoms with Crippen LogP contribution in [-0.4, -0.2) is 193 Å². The van der Waals surface area contributed by atoms with Crippen molar-refractivity contribution >= 4 is 5.91 Å². The number of hydrogen-bond donors (Lipinski definition) is 12. The van der Waals surface area contributed by atoms with Crippen LogP contribution >= 0.6 is 0 Å². The molecule has 3 aliphatic rings. The van der Waals surface area contributed by atoms with Gasteiger partial charge in [-0.3, -0.25) is 4.79 Å². The minimum atomic E-state index is -1.98. The number of hydrogen-bond acceptors (Lipinski definition) is 18. The molecule has 3 fully saturated rings. The number of amides is 1.